The average molecular weight is 491 g/mol. The SMILES string of the molecule is C=C1COC(CC[C@@]23CC4OC5C(O2)[C@H]2OC(CC(=O)CC6CCO[C@H]6C)CCC2O[C@H]5C4O3)C1. The Kier molecular flexibility index (Phi) is 5.89. The smallest absolute Gasteiger partial charge is 0.172 e. The van der Waals surface area contributed by atoms with Crippen molar-refractivity contribution in [2.24, 2.45) is 5.92 Å². The highest BCUT2D eigenvalue weighted by atomic mass is 16.8. The maximum atomic E-state index is 12.9. The lowest BCUT2D eigenvalue weighted by Crippen LogP contribution is -2.61. The number of carbonyl (C=O) groups excluding carboxylic acids is 1. The number of hydrogen-bond acceptors (Lipinski definition) is 8. The van der Waals surface area contributed by atoms with Crippen LogP contribution in [0.3, 0.4) is 0 Å². The van der Waals surface area contributed by atoms with E-state index in [-0.39, 0.29) is 66.8 Å². The zero-order valence-electron chi connectivity index (χ0n) is 20.6. The van der Waals surface area contributed by atoms with Crippen molar-refractivity contribution >= 4 is 5.78 Å². The van der Waals surface area contributed by atoms with Crippen LogP contribution in [0, 0.1) is 5.92 Å². The minimum absolute atomic E-state index is 0.00242. The summed E-state index contributed by atoms with van der Waals surface area (Å²) in [6, 6.07) is 0. The lowest BCUT2D eigenvalue weighted by molar-refractivity contribution is -0.292. The molecule has 0 radical (unpaired) electrons. The molecule has 8 rings (SSSR count). The Hall–Kier alpha value is -0.870. The summed E-state index contributed by atoms with van der Waals surface area (Å²) >= 11 is 0. The summed E-state index contributed by atoms with van der Waals surface area (Å²) in [5, 5.41) is 0. The first-order valence-corrected chi connectivity index (χ1v) is 13.7. The second kappa shape index (κ2) is 8.86. The van der Waals surface area contributed by atoms with Gasteiger partial charge < -0.3 is 33.2 Å². The number of Topliss-reactive ketones (excluding diaryl/α,β-unsaturated/α-hetero) is 1. The fourth-order valence-electron chi connectivity index (χ4n) is 7.54. The van der Waals surface area contributed by atoms with Crippen LogP contribution in [-0.2, 0) is 38.0 Å². The highest BCUT2D eigenvalue weighted by Gasteiger charge is 2.68. The summed E-state index contributed by atoms with van der Waals surface area (Å²) in [5.41, 5.74) is 1.16. The Morgan fingerprint density at radius 3 is 2.54 bits per heavy atom. The fourth-order valence-corrected chi connectivity index (χ4v) is 7.54. The fraction of sp³-hybridized carbons (Fsp3) is 0.889. The molecule has 0 saturated carbocycles. The van der Waals surface area contributed by atoms with Crippen molar-refractivity contribution in [2.75, 3.05) is 13.2 Å². The Labute approximate surface area is 206 Å². The van der Waals surface area contributed by atoms with E-state index in [2.05, 4.69) is 13.5 Å². The third kappa shape index (κ3) is 4.13. The summed E-state index contributed by atoms with van der Waals surface area (Å²) in [7, 11) is 0. The highest BCUT2D eigenvalue weighted by molar-refractivity contribution is 5.79. The van der Waals surface area contributed by atoms with E-state index in [1.165, 1.54) is 0 Å². The Morgan fingerprint density at radius 2 is 1.74 bits per heavy atom. The molecule has 8 fully saturated rings. The van der Waals surface area contributed by atoms with Crippen LogP contribution in [0.15, 0.2) is 12.2 Å². The van der Waals surface area contributed by atoms with Gasteiger partial charge in [-0.25, -0.2) is 0 Å². The first-order chi connectivity index (χ1) is 17.0. The molecule has 8 nitrogen and oxygen atoms in total. The third-order valence-corrected chi connectivity index (χ3v) is 9.39. The van der Waals surface area contributed by atoms with E-state index in [0.29, 0.717) is 25.4 Å². The Balaban J connectivity index is 1.03. The molecule has 8 unspecified atom stereocenters. The van der Waals surface area contributed by atoms with Gasteiger partial charge in [0.25, 0.3) is 0 Å². The van der Waals surface area contributed by atoms with Crippen LogP contribution < -0.4 is 0 Å². The molecule has 8 aliphatic heterocycles. The van der Waals surface area contributed by atoms with Crippen LogP contribution in [0.2, 0.25) is 0 Å². The molecule has 35 heavy (non-hydrogen) atoms. The standard InChI is InChI=1S/C27H38O8/c1-14-9-18(30-13-14)5-7-27-12-21-23(34-27)24-25(33-21)26(35-27)22-20(32-24)4-3-19(31-22)11-17(28)10-16-6-8-29-15(16)2/h15-16,18-26H,1,3-13H2,2H3/t15-,16?,18?,19?,20?,21?,22-,23?,24-,25?,26?,27-/m0/s1. The van der Waals surface area contributed by atoms with Crippen molar-refractivity contribution in [3.05, 3.63) is 12.2 Å². The molecule has 6 bridgehead atoms. The zero-order chi connectivity index (χ0) is 23.7. The van der Waals surface area contributed by atoms with Gasteiger partial charge in [0, 0.05) is 32.3 Å². The van der Waals surface area contributed by atoms with E-state index in [1.807, 2.05) is 0 Å². The quantitative estimate of drug-likeness (QED) is 0.504. The molecule has 8 heterocycles. The number of rotatable bonds is 7. The maximum Gasteiger partial charge on any atom is 0.172 e. The van der Waals surface area contributed by atoms with Crippen LogP contribution in [-0.4, -0.2) is 85.8 Å². The molecule has 0 aromatic rings. The molecule has 0 spiro atoms. The first kappa shape index (κ1) is 23.3. The van der Waals surface area contributed by atoms with Crippen LogP contribution >= 0.6 is 0 Å². The molecule has 8 aliphatic rings. The molecule has 0 aromatic heterocycles. The van der Waals surface area contributed by atoms with Crippen LogP contribution in [0.25, 0.3) is 0 Å². The van der Waals surface area contributed by atoms with Gasteiger partial charge >= 0.3 is 0 Å². The van der Waals surface area contributed by atoms with Crippen molar-refractivity contribution in [2.45, 2.75) is 132 Å². The largest absolute Gasteiger partial charge is 0.378 e. The topological polar surface area (TPSA) is 81.7 Å². The molecular formula is C27H38O8. The second-order valence-electron chi connectivity index (χ2n) is 11.9. The molecular weight excluding hydrogens is 452 g/mol. The normalized spacial score (nSPS) is 52.1. The summed E-state index contributed by atoms with van der Waals surface area (Å²) in [6.45, 7) is 7.54. The summed E-state index contributed by atoms with van der Waals surface area (Å²) in [4.78, 5) is 12.9. The van der Waals surface area contributed by atoms with E-state index >= 15 is 0 Å². The van der Waals surface area contributed by atoms with Gasteiger partial charge in [0.05, 0.1) is 37.1 Å². The molecule has 8 saturated heterocycles. The van der Waals surface area contributed by atoms with Gasteiger partial charge in [0.1, 0.15) is 36.3 Å². The lowest BCUT2D eigenvalue weighted by atomic mass is 9.86. The van der Waals surface area contributed by atoms with Gasteiger partial charge in [0.15, 0.2) is 5.79 Å². The molecule has 0 amide bonds. The van der Waals surface area contributed by atoms with Crippen LogP contribution in [0.1, 0.15) is 64.7 Å². The zero-order valence-corrected chi connectivity index (χ0v) is 20.6. The van der Waals surface area contributed by atoms with Crippen molar-refractivity contribution in [3.8, 4) is 0 Å². The van der Waals surface area contributed by atoms with Crippen LogP contribution in [0.5, 0.6) is 0 Å². The van der Waals surface area contributed by atoms with E-state index in [1.54, 1.807) is 0 Å². The van der Waals surface area contributed by atoms with E-state index in [4.69, 9.17) is 33.2 Å². The van der Waals surface area contributed by atoms with Gasteiger partial charge in [-0.1, -0.05) is 6.58 Å². The van der Waals surface area contributed by atoms with E-state index in [0.717, 1.165) is 57.1 Å². The summed E-state index contributed by atoms with van der Waals surface area (Å²) in [6.07, 6.45) is 6.33. The highest BCUT2D eigenvalue weighted by Crippen LogP contribution is 2.54. The monoisotopic (exact) mass is 490 g/mol. The maximum absolute atomic E-state index is 12.9. The first-order valence-electron chi connectivity index (χ1n) is 13.7. The van der Waals surface area contributed by atoms with Crippen molar-refractivity contribution in [1.29, 1.82) is 0 Å². The predicted molar refractivity (Wildman–Crippen MR) is 123 cm³/mol. The number of fused-ring (bicyclic) bond motifs is 1. The number of ketones is 1. The number of ether oxygens (including phenoxy) is 7. The van der Waals surface area contributed by atoms with Crippen molar-refractivity contribution in [1.82, 2.24) is 0 Å². The summed E-state index contributed by atoms with van der Waals surface area (Å²) in [5.74, 6) is -0.0826. The lowest BCUT2D eigenvalue weighted by Gasteiger charge is -2.47. The van der Waals surface area contributed by atoms with Gasteiger partial charge in [-0.15, -0.1) is 0 Å². The average Bonchev–Trinajstić information content (AvgIpc) is 3.54. The van der Waals surface area contributed by atoms with Gasteiger partial charge in [-0.05, 0) is 50.5 Å². The molecule has 8 heteroatoms. The van der Waals surface area contributed by atoms with Gasteiger partial charge in [-0.2, -0.15) is 0 Å². The van der Waals surface area contributed by atoms with E-state index < -0.39 is 5.79 Å². The molecule has 0 aliphatic carbocycles. The van der Waals surface area contributed by atoms with Gasteiger partial charge in [-0.3, -0.25) is 4.79 Å². The Bertz CT molecular complexity index is 862. The predicted octanol–water partition coefficient (Wildman–Crippen LogP) is 2.85. The molecule has 12 atom stereocenters. The van der Waals surface area contributed by atoms with Crippen molar-refractivity contribution < 1.29 is 38.0 Å². The molecule has 0 N–H and O–H groups in total. The molecule has 0 aromatic carbocycles. The number of hydrogen-bond donors (Lipinski definition) is 0. The second-order valence-corrected chi connectivity index (χ2v) is 11.9. The minimum atomic E-state index is -0.681. The summed E-state index contributed by atoms with van der Waals surface area (Å²) < 4.78 is 44.5. The third-order valence-electron chi connectivity index (χ3n) is 9.39. The number of carbonyl (C=O) groups is 1. The molecule has 194 valence electrons. The van der Waals surface area contributed by atoms with Crippen LogP contribution in [0.4, 0.5) is 0 Å². The Morgan fingerprint density at radius 1 is 0.914 bits per heavy atom. The van der Waals surface area contributed by atoms with E-state index in [9.17, 15) is 4.79 Å². The minimum Gasteiger partial charge on any atom is -0.378 e. The van der Waals surface area contributed by atoms with Gasteiger partial charge in [0.2, 0.25) is 0 Å². The van der Waals surface area contributed by atoms with Crippen molar-refractivity contribution in [3.63, 3.8) is 0 Å².